The van der Waals surface area contributed by atoms with Crippen LogP contribution in [0.15, 0.2) is 24.3 Å². The first-order chi connectivity index (χ1) is 16.8. The summed E-state index contributed by atoms with van der Waals surface area (Å²) in [7, 11) is 1.56. The number of ether oxygens (including phenoxy) is 1. The van der Waals surface area contributed by atoms with Crippen LogP contribution in [0.1, 0.15) is 46.5 Å². The van der Waals surface area contributed by atoms with Crippen LogP contribution in [0.25, 0.3) is 0 Å². The molecule has 0 saturated carbocycles. The molecule has 4 rings (SSSR count). The van der Waals surface area contributed by atoms with Crippen LogP contribution in [0.2, 0.25) is 0 Å². The lowest BCUT2D eigenvalue weighted by molar-refractivity contribution is -0.144. The van der Waals surface area contributed by atoms with Crippen LogP contribution in [0.3, 0.4) is 0 Å². The van der Waals surface area contributed by atoms with E-state index in [9.17, 15) is 19.5 Å². The molecule has 3 heterocycles. The van der Waals surface area contributed by atoms with Crippen LogP contribution >= 0.6 is 0 Å². The molecule has 3 fully saturated rings. The maximum atomic E-state index is 13.8. The Labute approximate surface area is 207 Å². The molecule has 3 aliphatic rings. The van der Waals surface area contributed by atoms with Gasteiger partial charge in [-0.3, -0.25) is 14.4 Å². The first kappa shape index (κ1) is 25.4. The molecule has 3 saturated heterocycles. The minimum Gasteiger partial charge on any atom is -0.396 e. The van der Waals surface area contributed by atoms with Crippen LogP contribution in [0, 0.1) is 11.8 Å². The molecule has 35 heavy (non-hydrogen) atoms. The minimum atomic E-state index is -1.03. The summed E-state index contributed by atoms with van der Waals surface area (Å²) >= 11 is 0. The van der Waals surface area contributed by atoms with Crippen molar-refractivity contribution in [3.63, 3.8) is 0 Å². The van der Waals surface area contributed by atoms with Crippen LogP contribution in [0.5, 0.6) is 0 Å². The van der Waals surface area contributed by atoms with Gasteiger partial charge >= 0.3 is 0 Å². The van der Waals surface area contributed by atoms with Gasteiger partial charge in [0.15, 0.2) is 0 Å². The normalized spacial score (nSPS) is 30.9. The number of likely N-dealkylation sites (tertiary alicyclic amines) is 1. The van der Waals surface area contributed by atoms with Crippen molar-refractivity contribution < 1.29 is 24.2 Å². The van der Waals surface area contributed by atoms with Gasteiger partial charge in [0.05, 0.1) is 17.4 Å². The third-order valence-corrected chi connectivity index (χ3v) is 8.12. The number of aliphatic hydroxyl groups is 1. The molecule has 3 N–H and O–H groups in total. The summed E-state index contributed by atoms with van der Waals surface area (Å²) in [5.74, 6) is -2.08. The number of unbranched alkanes of at least 4 members (excludes halogenated alkanes) is 1. The molecule has 9 heteroatoms. The van der Waals surface area contributed by atoms with Crippen LogP contribution < -0.4 is 15.5 Å². The van der Waals surface area contributed by atoms with Gasteiger partial charge in [0.1, 0.15) is 11.6 Å². The van der Waals surface area contributed by atoms with E-state index in [2.05, 4.69) is 29.4 Å². The molecule has 3 aliphatic heterocycles. The zero-order valence-corrected chi connectivity index (χ0v) is 21.2. The van der Waals surface area contributed by atoms with Gasteiger partial charge in [-0.2, -0.15) is 0 Å². The Balaban J connectivity index is 1.64. The van der Waals surface area contributed by atoms with Gasteiger partial charge in [0.2, 0.25) is 17.7 Å². The quantitative estimate of drug-likeness (QED) is 0.435. The summed E-state index contributed by atoms with van der Waals surface area (Å²) in [6.07, 6.45) is 2.25. The molecule has 1 aromatic carbocycles. The molecule has 0 aliphatic carbocycles. The lowest BCUT2D eigenvalue weighted by Crippen LogP contribution is -2.53. The summed E-state index contributed by atoms with van der Waals surface area (Å²) < 4.78 is 6.52. The average Bonchev–Trinajstić information content (AvgIpc) is 3.41. The topological polar surface area (TPSA) is 111 Å². The van der Waals surface area contributed by atoms with Crippen molar-refractivity contribution in [3.8, 4) is 0 Å². The molecule has 0 radical (unpaired) electrons. The van der Waals surface area contributed by atoms with E-state index in [4.69, 9.17) is 4.74 Å². The first-order valence-corrected chi connectivity index (χ1v) is 12.7. The predicted octanol–water partition coefficient (Wildman–Crippen LogP) is 1.75. The Kier molecular flexibility index (Phi) is 7.11. The Bertz CT molecular complexity index is 965. The maximum absolute atomic E-state index is 13.8. The Morgan fingerprint density at radius 3 is 2.43 bits per heavy atom. The number of hydrogen-bond acceptors (Lipinski definition) is 6. The Hall–Kier alpha value is -2.65. The Morgan fingerprint density at radius 2 is 1.83 bits per heavy atom. The number of carbonyl (C=O) groups is 3. The largest absolute Gasteiger partial charge is 0.396 e. The highest BCUT2D eigenvalue weighted by molar-refractivity contribution is 6.03. The van der Waals surface area contributed by atoms with Crippen molar-refractivity contribution in [1.82, 2.24) is 10.2 Å². The second kappa shape index (κ2) is 9.78. The molecule has 192 valence electrons. The monoisotopic (exact) mass is 486 g/mol. The Morgan fingerprint density at radius 1 is 1.14 bits per heavy atom. The molecular weight excluding hydrogens is 448 g/mol. The number of anilines is 2. The summed E-state index contributed by atoms with van der Waals surface area (Å²) in [6, 6.07) is 6.85. The minimum absolute atomic E-state index is 0.0157. The highest BCUT2D eigenvalue weighted by atomic mass is 16.5. The number of rotatable bonds is 10. The molecule has 2 bridgehead atoms. The van der Waals surface area contributed by atoms with Gasteiger partial charge in [-0.15, -0.1) is 0 Å². The highest BCUT2D eigenvalue weighted by Gasteiger charge is 2.77. The van der Waals surface area contributed by atoms with Gasteiger partial charge < -0.3 is 30.3 Å². The van der Waals surface area contributed by atoms with Crippen molar-refractivity contribution in [3.05, 3.63) is 24.3 Å². The molecule has 1 spiro atoms. The fraction of sp³-hybridized carbons (Fsp3) is 0.654. The molecule has 2 unspecified atom stereocenters. The van der Waals surface area contributed by atoms with Crippen molar-refractivity contribution in [1.29, 1.82) is 0 Å². The second-order valence-electron chi connectivity index (χ2n) is 10.0. The number of aliphatic hydroxyl groups excluding tert-OH is 1. The fourth-order valence-corrected chi connectivity index (χ4v) is 6.47. The SMILES string of the molecule is CCN(CC)c1ccc(NC(=O)C2N(CCCCO)C(=O)[C@@H]3[C@H](C(=O)NC)[C@]4(C)CCC23O4)cc1. The zero-order valence-electron chi connectivity index (χ0n) is 21.2. The fourth-order valence-electron chi connectivity index (χ4n) is 6.47. The smallest absolute Gasteiger partial charge is 0.250 e. The lowest BCUT2D eigenvalue weighted by atomic mass is 9.66. The maximum Gasteiger partial charge on any atom is 0.250 e. The van der Waals surface area contributed by atoms with Gasteiger partial charge in [0.25, 0.3) is 0 Å². The first-order valence-electron chi connectivity index (χ1n) is 12.7. The van der Waals surface area contributed by atoms with E-state index in [1.54, 1.807) is 11.9 Å². The summed E-state index contributed by atoms with van der Waals surface area (Å²) in [4.78, 5) is 44.1. The predicted molar refractivity (Wildman–Crippen MR) is 133 cm³/mol. The van der Waals surface area contributed by atoms with E-state index >= 15 is 0 Å². The number of nitrogens with one attached hydrogen (secondary N) is 2. The molecular formula is C26H38N4O5. The highest BCUT2D eigenvalue weighted by Crippen LogP contribution is 2.63. The van der Waals surface area contributed by atoms with E-state index in [0.29, 0.717) is 37.9 Å². The number of carbonyl (C=O) groups excluding carboxylic acids is 3. The van der Waals surface area contributed by atoms with Crippen molar-refractivity contribution in [2.24, 2.45) is 11.8 Å². The molecule has 5 atom stereocenters. The van der Waals surface area contributed by atoms with E-state index in [0.717, 1.165) is 18.8 Å². The van der Waals surface area contributed by atoms with E-state index < -0.39 is 29.1 Å². The number of benzene rings is 1. The van der Waals surface area contributed by atoms with E-state index in [1.165, 1.54) is 0 Å². The van der Waals surface area contributed by atoms with Crippen molar-refractivity contribution in [2.75, 3.05) is 43.5 Å². The van der Waals surface area contributed by atoms with Gasteiger partial charge in [-0.05, 0) is 70.7 Å². The van der Waals surface area contributed by atoms with Crippen LogP contribution in [-0.2, 0) is 19.1 Å². The van der Waals surface area contributed by atoms with Gasteiger partial charge in [0, 0.05) is 44.7 Å². The number of hydrogen-bond donors (Lipinski definition) is 3. The second-order valence-corrected chi connectivity index (χ2v) is 10.0. The molecule has 9 nitrogen and oxygen atoms in total. The number of amides is 3. The average molecular weight is 487 g/mol. The van der Waals surface area contributed by atoms with Crippen molar-refractivity contribution in [2.45, 2.75) is 63.7 Å². The summed E-state index contributed by atoms with van der Waals surface area (Å²) in [5.41, 5.74) is -0.0859. The van der Waals surface area contributed by atoms with Gasteiger partial charge in [-0.1, -0.05) is 0 Å². The third-order valence-electron chi connectivity index (χ3n) is 8.12. The number of fused-ring (bicyclic) bond motifs is 1. The zero-order chi connectivity index (χ0) is 25.4. The van der Waals surface area contributed by atoms with Gasteiger partial charge in [-0.25, -0.2) is 0 Å². The van der Waals surface area contributed by atoms with E-state index in [1.807, 2.05) is 31.2 Å². The standard InChI is InChI=1S/C26H38N4O5/c1-5-29(6-2)18-11-9-17(10-12-18)28-23(33)21-26-14-13-25(3,35-26)19(22(32)27-4)20(26)24(34)30(21)15-7-8-16-31/h9-12,19-21,31H,5-8,13-16H2,1-4H3,(H,27,32)(H,28,33)/t19-,20+,21?,25+,26?/m1/s1. The molecule has 3 amide bonds. The molecule has 1 aromatic rings. The van der Waals surface area contributed by atoms with Crippen molar-refractivity contribution >= 4 is 29.1 Å². The van der Waals surface area contributed by atoms with Crippen LogP contribution in [0.4, 0.5) is 11.4 Å². The third kappa shape index (κ3) is 4.08. The van der Waals surface area contributed by atoms with E-state index in [-0.39, 0.29) is 24.3 Å². The molecule has 0 aromatic heterocycles. The summed E-state index contributed by atoms with van der Waals surface area (Å²) in [6.45, 7) is 8.20. The summed E-state index contributed by atoms with van der Waals surface area (Å²) in [5, 5.41) is 15.0. The lowest BCUT2D eigenvalue weighted by Gasteiger charge is -2.33. The number of nitrogens with zero attached hydrogens (tertiary/aromatic N) is 2. The van der Waals surface area contributed by atoms with Crippen LogP contribution in [-0.4, -0.2) is 78.3 Å².